The van der Waals surface area contributed by atoms with E-state index in [0.717, 1.165) is 0 Å². The highest BCUT2D eigenvalue weighted by Gasteiger charge is 2.15. The number of carbonyl (C=O) groups excluding carboxylic acids is 1. The van der Waals surface area contributed by atoms with Gasteiger partial charge in [-0.25, -0.2) is 14.6 Å². The standard InChI is InChI=1S/C23H16N4O5/c24-21(28)17-11-26-18-9-12(13-6-7-25-19(10-13)23(31)32)4-5-16(18)20(17)27-15-3-1-2-14(8-15)22(29)30/h1-11H,(H2,24,28)(H,26,27)(H,29,30)(H,31,32). The van der Waals surface area contributed by atoms with E-state index >= 15 is 0 Å². The third-order valence-electron chi connectivity index (χ3n) is 4.83. The number of nitrogens with two attached hydrogens (primary N) is 1. The van der Waals surface area contributed by atoms with E-state index in [9.17, 15) is 24.6 Å². The lowest BCUT2D eigenvalue weighted by Gasteiger charge is -2.14. The molecule has 4 rings (SSSR count). The second-order valence-electron chi connectivity index (χ2n) is 6.89. The molecule has 4 aromatic rings. The number of carbonyl (C=O) groups is 3. The first-order valence-electron chi connectivity index (χ1n) is 9.36. The van der Waals surface area contributed by atoms with Gasteiger partial charge in [-0.1, -0.05) is 18.2 Å². The average Bonchev–Trinajstić information content (AvgIpc) is 2.79. The third kappa shape index (κ3) is 3.94. The first-order chi connectivity index (χ1) is 15.3. The van der Waals surface area contributed by atoms with Crippen LogP contribution in [-0.4, -0.2) is 38.0 Å². The van der Waals surface area contributed by atoms with Crippen molar-refractivity contribution < 1.29 is 24.6 Å². The topological polar surface area (TPSA) is 156 Å². The number of anilines is 2. The molecular formula is C23H16N4O5. The summed E-state index contributed by atoms with van der Waals surface area (Å²) < 4.78 is 0. The maximum Gasteiger partial charge on any atom is 0.354 e. The molecule has 158 valence electrons. The number of nitrogens with one attached hydrogen (secondary N) is 1. The van der Waals surface area contributed by atoms with E-state index in [1.807, 2.05) is 0 Å². The Hall–Kier alpha value is -4.79. The van der Waals surface area contributed by atoms with Crippen molar-refractivity contribution in [2.24, 2.45) is 5.73 Å². The first-order valence-corrected chi connectivity index (χ1v) is 9.36. The molecule has 2 aromatic heterocycles. The van der Waals surface area contributed by atoms with Crippen LogP contribution in [0.2, 0.25) is 0 Å². The van der Waals surface area contributed by atoms with Gasteiger partial charge in [0.1, 0.15) is 5.69 Å². The van der Waals surface area contributed by atoms with Crippen LogP contribution in [0.15, 0.2) is 67.0 Å². The van der Waals surface area contributed by atoms with Crippen LogP contribution in [-0.2, 0) is 0 Å². The molecule has 0 spiro atoms. The van der Waals surface area contributed by atoms with Crippen molar-refractivity contribution >= 4 is 40.1 Å². The lowest BCUT2D eigenvalue weighted by molar-refractivity contribution is 0.0682. The summed E-state index contributed by atoms with van der Waals surface area (Å²) in [5.41, 5.74) is 8.40. The monoisotopic (exact) mass is 428 g/mol. The van der Waals surface area contributed by atoms with Gasteiger partial charge in [0.15, 0.2) is 0 Å². The van der Waals surface area contributed by atoms with E-state index in [1.165, 1.54) is 30.6 Å². The number of aromatic nitrogens is 2. The Balaban J connectivity index is 1.83. The zero-order valence-electron chi connectivity index (χ0n) is 16.4. The van der Waals surface area contributed by atoms with Crippen molar-refractivity contribution in [3.8, 4) is 11.1 Å². The Labute approximate surface area is 181 Å². The number of benzene rings is 2. The number of carboxylic acid groups (broad SMARTS) is 2. The number of primary amides is 1. The fourth-order valence-corrected chi connectivity index (χ4v) is 3.30. The number of fused-ring (bicyclic) bond motifs is 1. The van der Waals surface area contributed by atoms with Crippen LogP contribution in [0.5, 0.6) is 0 Å². The van der Waals surface area contributed by atoms with Crippen LogP contribution in [0.4, 0.5) is 11.4 Å². The quantitative estimate of drug-likeness (QED) is 0.363. The summed E-state index contributed by atoms with van der Waals surface area (Å²) in [7, 11) is 0. The summed E-state index contributed by atoms with van der Waals surface area (Å²) in [5, 5.41) is 22.1. The zero-order chi connectivity index (χ0) is 22.8. The predicted molar refractivity (Wildman–Crippen MR) is 117 cm³/mol. The van der Waals surface area contributed by atoms with Gasteiger partial charge in [0.25, 0.3) is 5.91 Å². The largest absolute Gasteiger partial charge is 0.478 e. The van der Waals surface area contributed by atoms with Gasteiger partial charge in [-0.2, -0.15) is 0 Å². The molecule has 9 heteroatoms. The highest BCUT2D eigenvalue weighted by Crippen LogP contribution is 2.32. The van der Waals surface area contributed by atoms with E-state index < -0.39 is 17.8 Å². The summed E-state index contributed by atoms with van der Waals surface area (Å²) in [6, 6.07) is 14.5. The van der Waals surface area contributed by atoms with Crippen molar-refractivity contribution in [3.05, 3.63) is 83.8 Å². The highest BCUT2D eigenvalue weighted by molar-refractivity contribution is 6.08. The molecule has 0 radical (unpaired) electrons. The number of pyridine rings is 2. The van der Waals surface area contributed by atoms with Crippen LogP contribution in [0.3, 0.4) is 0 Å². The molecule has 32 heavy (non-hydrogen) atoms. The summed E-state index contributed by atoms with van der Waals surface area (Å²) in [4.78, 5) is 42.7. The number of aromatic carboxylic acids is 2. The Morgan fingerprint density at radius 3 is 2.38 bits per heavy atom. The Kier molecular flexibility index (Phi) is 5.22. The number of amides is 1. The molecule has 1 amide bonds. The minimum atomic E-state index is -1.13. The lowest BCUT2D eigenvalue weighted by Crippen LogP contribution is -2.14. The smallest absolute Gasteiger partial charge is 0.354 e. The predicted octanol–water partition coefficient (Wildman–Crippen LogP) is 3.54. The van der Waals surface area contributed by atoms with E-state index in [4.69, 9.17) is 5.73 Å². The lowest BCUT2D eigenvalue weighted by atomic mass is 10.0. The Morgan fingerprint density at radius 2 is 1.66 bits per heavy atom. The number of rotatable bonds is 6. The number of hydrogen-bond donors (Lipinski definition) is 4. The van der Waals surface area contributed by atoms with Crippen LogP contribution in [0.25, 0.3) is 22.0 Å². The van der Waals surface area contributed by atoms with Gasteiger partial charge in [-0.3, -0.25) is 9.78 Å². The SMILES string of the molecule is NC(=O)c1cnc2cc(-c3ccnc(C(=O)O)c3)ccc2c1Nc1cccc(C(=O)O)c1. The molecule has 0 saturated carbocycles. The van der Waals surface area contributed by atoms with Gasteiger partial charge in [0.2, 0.25) is 0 Å². The highest BCUT2D eigenvalue weighted by atomic mass is 16.4. The average molecular weight is 428 g/mol. The number of carboxylic acids is 2. The molecule has 0 aliphatic rings. The molecule has 0 bridgehead atoms. The van der Waals surface area contributed by atoms with Crippen LogP contribution in [0, 0.1) is 0 Å². The van der Waals surface area contributed by atoms with Gasteiger partial charge < -0.3 is 21.3 Å². The molecular weight excluding hydrogens is 412 g/mol. The van der Waals surface area contributed by atoms with Crippen molar-refractivity contribution in [1.82, 2.24) is 9.97 Å². The Morgan fingerprint density at radius 1 is 0.875 bits per heavy atom. The molecule has 0 aliphatic heterocycles. The molecule has 2 aromatic carbocycles. The summed E-state index contributed by atoms with van der Waals surface area (Å²) >= 11 is 0. The molecule has 0 aliphatic carbocycles. The second kappa shape index (κ2) is 8.15. The zero-order valence-corrected chi connectivity index (χ0v) is 16.4. The molecule has 9 nitrogen and oxygen atoms in total. The molecule has 0 fully saturated rings. The molecule has 0 atom stereocenters. The molecule has 5 N–H and O–H groups in total. The summed E-state index contributed by atoms with van der Waals surface area (Å²) in [6.07, 6.45) is 2.75. The minimum Gasteiger partial charge on any atom is -0.478 e. The molecule has 0 saturated heterocycles. The van der Waals surface area contributed by atoms with Crippen LogP contribution >= 0.6 is 0 Å². The fourth-order valence-electron chi connectivity index (χ4n) is 3.30. The van der Waals surface area contributed by atoms with Crippen LogP contribution in [0.1, 0.15) is 31.2 Å². The third-order valence-corrected chi connectivity index (χ3v) is 4.83. The minimum absolute atomic E-state index is 0.0831. The van der Waals surface area contributed by atoms with Crippen molar-refractivity contribution in [3.63, 3.8) is 0 Å². The summed E-state index contributed by atoms with van der Waals surface area (Å²) in [5.74, 6) is -2.90. The van der Waals surface area contributed by atoms with E-state index in [0.29, 0.717) is 33.4 Å². The second-order valence-corrected chi connectivity index (χ2v) is 6.89. The molecule has 0 unspecified atom stereocenters. The van der Waals surface area contributed by atoms with Crippen molar-refractivity contribution in [1.29, 1.82) is 0 Å². The van der Waals surface area contributed by atoms with E-state index in [1.54, 1.807) is 36.4 Å². The van der Waals surface area contributed by atoms with Gasteiger partial charge in [0, 0.05) is 23.5 Å². The van der Waals surface area contributed by atoms with Gasteiger partial charge in [-0.05, 0) is 47.5 Å². The van der Waals surface area contributed by atoms with Crippen LogP contribution < -0.4 is 11.1 Å². The first kappa shape index (κ1) is 20.5. The van der Waals surface area contributed by atoms with Crippen molar-refractivity contribution in [2.75, 3.05) is 5.32 Å². The van der Waals surface area contributed by atoms with Gasteiger partial charge in [-0.15, -0.1) is 0 Å². The fraction of sp³-hybridized carbons (Fsp3) is 0. The normalized spacial score (nSPS) is 10.6. The maximum absolute atomic E-state index is 12.0. The van der Waals surface area contributed by atoms with Gasteiger partial charge >= 0.3 is 11.9 Å². The number of hydrogen-bond acceptors (Lipinski definition) is 6. The number of nitrogens with zero attached hydrogens (tertiary/aromatic N) is 2. The molecule has 2 heterocycles. The Bertz CT molecular complexity index is 1400. The van der Waals surface area contributed by atoms with E-state index in [2.05, 4.69) is 15.3 Å². The summed E-state index contributed by atoms with van der Waals surface area (Å²) in [6.45, 7) is 0. The van der Waals surface area contributed by atoms with Gasteiger partial charge in [0.05, 0.1) is 22.3 Å². The van der Waals surface area contributed by atoms with E-state index in [-0.39, 0.29) is 16.8 Å². The maximum atomic E-state index is 12.0. The van der Waals surface area contributed by atoms with Crippen molar-refractivity contribution in [2.45, 2.75) is 0 Å².